The number of nitrogens with one attached hydrogen (secondary N) is 1. The second kappa shape index (κ2) is 10.2. The summed E-state index contributed by atoms with van der Waals surface area (Å²) < 4.78 is 25.5. The van der Waals surface area contributed by atoms with Crippen LogP contribution in [0.4, 0.5) is 15.8 Å². The highest BCUT2D eigenvalue weighted by atomic mass is 19.1. The summed E-state index contributed by atoms with van der Waals surface area (Å²) in [6, 6.07) is 20.9. The highest BCUT2D eigenvalue weighted by Crippen LogP contribution is 2.37. The fraction of sp³-hybridized carbons (Fsp3) is 0.231. The molecule has 0 radical (unpaired) electrons. The predicted molar refractivity (Wildman–Crippen MR) is 124 cm³/mol. The van der Waals surface area contributed by atoms with Gasteiger partial charge in [0.2, 0.25) is 5.91 Å². The Hall–Kier alpha value is -3.87. The minimum absolute atomic E-state index is 0.0699. The van der Waals surface area contributed by atoms with Crippen molar-refractivity contribution in [3.05, 3.63) is 84.2 Å². The molecule has 1 atom stereocenters. The van der Waals surface area contributed by atoms with Gasteiger partial charge in [-0.15, -0.1) is 0 Å². The van der Waals surface area contributed by atoms with Crippen molar-refractivity contribution in [1.82, 2.24) is 0 Å². The van der Waals surface area contributed by atoms with E-state index < -0.39 is 6.10 Å². The summed E-state index contributed by atoms with van der Waals surface area (Å²) in [4.78, 5) is 26.7. The molecule has 3 aromatic rings. The molecule has 0 saturated carbocycles. The number of halogens is 1. The van der Waals surface area contributed by atoms with E-state index >= 15 is 0 Å². The van der Waals surface area contributed by atoms with E-state index in [-0.39, 0.29) is 30.6 Å². The van der Waals surface area contributed by atoms with Gasteiger partial charge in [-0.05, 0) is 49.7 Å². The Morgan fingerprint density at radius 3 is 2.64 bits per heavy atom. The van der Waals surface area contributed by atoms with Crippen LogP contribution >= 0.6 is 0 Å². The van der Waals surface area contributed by atoms with E-state index in [1.807, 2.05) is 30.3 Å². The largest absolute Gasteiger partial charge is 0.494 e. The average Bonchev–Trinajstić information content (AvgIpc) is 2.82. The van der Waals surface area contributed by atoms with Gasteiger partial charge in [0.05, 0.1) is 18.8 Å². The molecule has 33 heavy (non-hydrogen) atoms. The lowest BCUT2D eigenvalue weighted by molar-refractivity contribution is -0.125. The van der Waals surface area contributed by atoms with Gasteiger partial charge in [-0.2, -0.15) is 0 Å². The van der Waals surface area contributed by atoms with Gasteiger partial charge >= 0.3 is 0 Å². The van der Waals surface area contributed by atoms with Crippen LogP contribution in [0.15, 0.2) is 72.8 Å². The van der Waals surface area contributed by atoms with Gasteiger partial charge in [-0.25, -0.2) is 4.39 Å². The summed E-state index contributed by atoms with van der Waals surface area (Å²) in [6.45, 7) is 2.16. The third kappa shape index (κ3) is 5.49. The molecular formula is C26H25FN2O4. The molecule has 7 heteroatoms. The summed E-state index contributed by atoms with van der Waals surface area (Å²) in [7, 11) is 0. The molecule has 170 valence electrons. The third-order valence-electron chi connectivity index (χ3n) is 5.30. The molecule has 0 saturated heterocycles. The van der Waals surface area contributed by atoms with Crippen molar-refractivity contribution in [2.24, 2.45) is 0 Å². The molecule has 0 aliphatic carbocycles. The monoisotopic (exact) mass is 448 g/mol. The number of benzene rings is 3. The normalized spacial score (nSPS) is 14.9. The van der Waals surface area contributed by atoms with Crippen molar-refractivity contribution in [2.45, 2.75) is 32.4 Å². The molecule has 6 nitrogen and oxygen atoms in total. The van der Waals surface area contributed by atoms with Crippen LogP contribution in [0.1, 0.15) is 25.3 Å². The molecule has 3 aromatic carbocycles. The Morgan fingerprint density at radius 1 is 1.09 bits per heavy atom. The molecule has 0 spiro atoms. The second-order valence-corrected chi connectivity index (χ2v) is 7.77. The summed E-state index contributed by atoms with van der Waals surface area (Å²) in [5.41, 5.74) is 1.43. The van der Waals surface area contributed by atoms with Crippen molar-refractivity contribution >= 4 is 23.2 Å². The smallest absolute Gasteiger partial charge is 0.268 e. The van der Waals surface area contributed by atoms with E-state index in [1.165, 1.54) is 11.0 Å². The van der Waals surface area contributed by atoms with E-state index in [9.17, 15) is 14.0 Å². The minimum atomic E-state index is -0.686. The number of anilines is 2. The quantitative estimate of drug-likeness (QED) is 0.496. The van der Waals surface area contributed by atoms with Crippen LogP contribution in [0.5, 0.6) is 11.5 Å². The van der Waals surface area contributed by atoms with Gasteiger partial charge in [0.1, 0.15) is 17.3 Å². The first kappa shape index (κ1) is 22.3. The number of carbonyl (C=O) groups excluding carboxylic acids is 2. The van der Waals surface area contributed by atoms with E-state index in [1.54, 1.807) is 43.3 Å². The second-order valence-electron chi connectivity index (χ2n) is 7.77. The van der Waals surface area contributed by atoms with Gasteiger partial charge in [-0.3, -0.25) is 9.59 Å². The van der Waals surface area contributed by atoms with Gasteiger partial charge in [0.25, 0.3) is 5.91 Å². The first-order valence-electron chi connectivity index (χ1n) is 10.8. The van der Waals surface area contributed by atoms with Crippen LogP contribution < -0.4 is 19.7 Å². The number of para-hydroxylation sites is 1. The molecule has 0 bridgehead atoms. The zero-order valence-electron chi connectivity index (χ0n) is 18.3. The van der Waals surface area contributed by atoms with Crippen molar-refractivity contribution < 1.29 is 23.5 Å². The van der Waals surface area contributed by atoms with Gasteiger partial charge in [-0.1, -0.05) is 36.4 Å². The van der Waals surface area contributed by atoms with Crippen LogP contribution in [0.2, 0.25) is 0 Å². The molecule has 1 heterocycles. The van der Waals surface area contributed by atoms with Crippen LogP contribution in [0, 0.1) is 5.82 Å². The maximum atomic E-state index is 14.2. The van der Waals surface area contributed by atoms with Gasteiger partial charge in [0, 0.05) is 17.7 Å². The van der Waals surface area contributed by atoms with Crippen LogP contribution in [-0.2, 0) is 16.1 Å². The highest BCUT2D eigenvalue weighted by Gasteiger charge is 2.32. The van der Waals surface area contributed by atoms with Gasteiger partial charge in [0.15, 0.2) is 6.10 Å². The zero-order chi connectivity index (χ0) is 23.2. The number of hydrogen-bond acceptors (Lipinski definition) is 4. The SMILES string of the molecule is CC1Oc2ccc(NC(=O)CCCOc3ccccc3)cc2N(Cc2ccccc2F)C1=O. The maximum Gasteiger partial charge on any atom is 0.268 e. The standard InChI is InChI=1S/C26H25FN2O4/c1-18-26(31)29(17-19-8-5-6-11-22(19)27)23-16-20(13-14-24(23)33-18)28-25(30)12-7-15-32-21-9-3-2-4-10-21/h2-6,8-11,13-14,16,18H,7,12,15,17H2,1H3,(H,28,30). The number of fused-ring (bicyclic) bond motifs is 1. The minimum Gasteiger partial charge on any atom is -0.494 e. The van der Waals surface area contributed by atoms with Crippen molar-refractivity contribution in [3.63, 3.8) is 0 Å². The Kier molecular flexibility index (Phi) is 6.88. The molecule has 4 rings (SSSR count). The van der Waals surface area contributed by atoms with Gasteiger partial charge < -0.3 is 19.7 Å². The van der Waals surface area contributed by atoms with Crippen molar-refractivity contribution in [2.75, 3.05) is 16.8 Å². The third-order valence-corrected chi connectivity index (χ3v) is 5.30. The summed E-state index contributed by atoms with van der Waals surface area (Å²) in [5, 5.41) is 2.85. The maximum absolute atomic E-state index is 14.2. The van der Waals surface area contributed by atoms with Crippen molar-refractivity contribution in [1.29, 1.82) is 0 Å². The molecular weight excluding hydrogens is 423 g/mol. The highest BCUT2D eigenvalue weighted by molar-refractivity contribution is 6.01. The molecule has 1 unspecified atom stereocenters. The fourth-order valence-corrected chi connectivity index (χ4v) is 3.61. The molecule has 1 aliphatic heterocycles. The summed E-state index contributed by atoms with van der Waals surface area (Å²) in [6.07, 6.45) is 0.161. The number of nitrogens with zero attached hydrogens (tertiary/aromatic N) is 1. The molecule has 1 aliphatic rings. The van der Waals surface area contributed by atoms with E-state index in [0.29, 0.717) is 35.7 Å². The predicted octanol–water partition coefficient (Wildman–Crippen LogP) is 4.94. The fourth-order valence-electron chi connectivity index (χ4n) is 3.61. The lowest BCUT2D eigenvalue weighted by atomic mass is 10.1. The van der Waals surface area contributed by atoms with Crippen LogP contribution in [-0.4, -0.2) is 24.5 Å². The Morgan fingerprint density at radius 2 is 1.85 bits per heavy atom. The summed E-state index contributed by atoms with van der Waals surface area (Å²) >= 11 is 0. The number of carbonyl (C=O) groups is 2. The lowest BCUT2D eigenvalue weighted by Crippen LogP contribution is -2.44. The topological polar surface area (TPSA) is 67.9 Å². The first-order chi connectivity index (χ1) is 16.0. The Balaban J connectivity index is 1.41. The molecule has 0 aromatic heterocycles. The lowest BCUT2D eigenvalue weighted by Gasteiger charge is -2.33. The Bertz CT molecular complexity index is 1140. The molecule has 2 amide bonds. The van der Waals surface area contributed by atoms with Crippen molar-refractivity contribution in [3.8, 4) is 11.5 Å². The van der Waals surface area contributed by atoms with E-state index in [0.717, 1.165) is 5.75 Å². The summed E-state index contributed by atoms with van der Waals surface area (Å²) in [5.74, 6) is 0.457. The number of hydrogen-bond donors (Lipinski definition) is 1. The van der Waals surface area contributed by atoms with Crippen LogP contribution in [0.3, 0.4) is 0 Å². The van der Waals surface area contributed by atoms with E-state index in [2.05, 4.69) is 5.32 Å². The number of rotatable bonds is 8. The molecule has 0 fully saturated rings. The Labute approximate surface area is 191 Å². The van der Waals surface area contributed by atoms with Crippen LogP contribution in [0.25, 0.3) is 0 Å². The number of ether oxygens (including phenoxy) is 2. The van der Waals surface area contributed by atoms with E-state index in [4.69, 9.17) is 9.47 Å². The molecule has 1 N–H and O–H groups in total. The zero-order valence-corrected chi connectivity index (χ0v) is 18.3. The first-order valence-corrected chi connectivity index (χ1v) is 10.8. The average molecular weight is 448 g/mol. The number of amides is 2.